The van der Waals surface area contributed by atoms with Crippen molar-refractivity contribution in [3.8, 4) is 5.75 Å². The molecule has 0 bridgehead atoms. The number of benzene rings is 1. The molecule has 3 nitrogen and oxygen atoms in total. The van der Waals surface area contributed by atoms with Crippen LogP contribution in [0, 0.1) is 0 Å². The van der Waals surface area contributed by atoms with Gasteiger partial charge in [-0.2, -0.15) is 0 Å². The van der Waals surface area contributed by atoms with Gasteiger partial charge in [0, 0.05) is 31.1 Å². The van der Waals surface area contributed by atoms with E-state index in [1.807, 2.05) is 18.2 Å². The molecule has 18 heavy (non-hydrogen) atoms. The molecule has 0 aliphatic rings. The maximum absolute atomic E-state index is 5.57. The molecule has 1 aromatic rings. The molecule has 2 N–H and O–H groups in total. The van der Waals surface area contributed by atoms with Crippen molar-refractivity contribution in [1.82, 2.24) is 4.90 Å². The Morgan fingerprint density at radius 2 is 2.06 bits per heavy atom. The first-order chi connectivity index (χ1) is 8.54. The fourth-order valence-electron chi connectivity index (χ4n) is 1.83. The number of nitrogens with zero attached hydrogens (tertiary/aromatic N) is 1. The van der Waals surface area contributed by atoms with Crippen LogP contribution in [0.4, 0.5) is 0 Å². The van der Waals surface area contributed by atoms with Crippen LogP contribution in [-0.4, -0.2) is 29.6 Å². The molecule has 0 unspecified atom stereocenters. The van der Waals surface area contributed by atoms with Crippen LogP contribution in [0.15, 0.2) is 24.3 Å². The Labute approximate surface area is 115 Å². The van der Waals surface area contributed by atoms with Crippen molar-refractivity contribution in [3.63, 3.8) is 0 Å². The number of ether oxygens (including phenoxy) is 1. The molecule has 0 radical (unpaired) electrons. The summed E-state index contributed by atoms with van der Waals surface area (Å²) in [6, 6.07) is 8.54. The summed E-state index contributed by atoms with van der Waals surface area (Å²) in [6.07, 6.45) is 0.753. The molecular formula is C14H22N2OS. The van der Waals surface area contributed by atoms with Crippen LogP contribution in [0.1, 0.15) is 25.8 Å². The van der Waals surface area contributed by atoms with Crippen molar-refractivity contribution in [2.75, 3.05) is 13.7 Å². The highest BCUT2D eigenvalue weighted by Crippen LogP contribution is 2.20. The average Bonchev–Trinajstić information content (AvgIpc) is 2.34. The molecule has 0 fully saturated rings. The molecular weight excluding hydrogens is 244 g/mol. The maximum atomic E-state index is 5.57. The van der Waals surface area contributed by atoms with Gasteiger partial charge in [-0.05, 0) is 19.9 Å². The van der Waals surface area contributed by atoms with Gasteiger partial charge < -0.3 is 10.5 Å². The van der Waals surface area contributed by atoms with Gasteiger partial charge in [-0.1, -0.05) is 30.4 Å². The van der Waals surface area contributed by atoms with Crippen LogP contribution in [0.3, 0.4) is 0 Å². The molecule has 0 aliphatic heterocycles. The normalized spacial score (nSPS) is 10.9. The fraction of sp³-hybridized carbons (Fsp3) is 0.500. The van der Waals surface area contributed by atoms with E-state index >= 15 is 0 Å². The Hall–Kier alpha value is -1.13. The molecule has 0 atom stereocenters. The smallest absolute Gasteiger partial charge is 0.123 e. The Bertz CT molecular complexity index is 393. The summed E-state index contributed by atoms with van der Waals surface area (Å²) in [5.41, 5.74) is 6.76. The Kier molecular flexibility index (Phi) is 6.09. The van der Waals surface area contributed by atoms with Gasteiger partial charge in [-0.15, -0.1) is 0 Å². The second-order valence-electron chi connectivity index (χ2n) is 4.59. The Morgan fingerprint density at radius 1 is 1.39 bits per heavy atom. The zero-order valence-corrected chi connectivity index (χ0v) is 12.2. The summed E-state index contributed by atoms with van der Waals surface area (Å²) in [6.45, 7) is 6.08. The van der Waals surface area contributed by atoms with E-state index in [1.165, 1.54) is 5.56 Å². The van der Waals surface area contributed by atoms with Crippen LogP contribution in [0.5, 0.6) is 5.75 Å². The summed E-state index contributed by atoms with van der Waals surface area (Å²) in [5.74, 6) is 0.929. The molecule has 1 aromatic carbocycles. The quantitative estimate of drug-likeness (QED) is 0.770. The SMILES string of the molecule is COc1ccccc1CN(CCC(N)=S)C(C)C. The Balaban J connectivity index is 2.73. The van der Waals surface area contributed by atoms with E-state index in [1.54, 1.807) is 7.11 Å². The molecule has 1 rings (SSSR count). The number of hydrogen-bond donors (Lipinski definition) is 1. The summed E-state index contributed by atoms with van der Waals surface area (Å²) in [4.78, 5) is 2.91. The van der Waals surface area contributed by atoms with Gasteiger partial charge in [0.15, 0.2) is 0 Å². The van der Waals surface area contributed by atoms with Gasteiger partial charge in [0.05, 0.1) is 12.1 Å². The molecule has 100 valence electrons. The summed E-state index contributed by atoms with van der Waals surface area (Å²) in [7, 11) is 1.70. The maximum Gasteiger partial charge on any atom is 0.123 e. The van der Waals surface area contributed by atoms with E-state index in [4.69, 9.17) is 22.7 Å². The lowest BCUT2D eigenvalue weighted by Crippen LogP contribution is -2.33. The van der Waals surface area contributed by atoms with Crippen molar-refractivity contribution < 1.29 is 4.74 Å². The van der Waals surface area contributed by atoms with Crippen LogP contribution in [0.2, 0.25) is 0 Å². The second-order valence-corrected chi connectivity index (χ2v) is 5.12. The lowest BCUT2D eigenvalue weighted by atomic mass is 10.1. The Morgan fingerprint density at radius 3 is 2.61 bits per heavy atom. The largest absolute Gasteiger partial charge is 0.496 e. The van der Waals surface area contributed by atoms with Crippen LogP contribution < -0.4 is 10.5 Å². The first-order valence-corrected chi connectivity index (χ1v) is 6.59. The minimum absolute atomic E-state index is 0.448. The highest BCUT2D eigenvalue weighted by molar-refractivity contribution is 7.80. The molecule has 0 heterocycles. The van der Waals surface area contributed by atoms with Crippen LogP contribution in [0.25, 0.3) is 0 Å². The zero-order chi connectivity index (χ0) is 13.5. The first-order valence-electron chi connectivity index (χ1n) is 6.18. The summed E-state index contributed by atoms with van der Waals surface area (Å²) < 4.78 is 5.37. The van der Waals surface area contributed by atoms with Gasteiger partial charge in [0.25, 0.3) is 0 Å². The summed E-state index contributed by atoms with van der Waals surface area (Å²) in [5, 5.41) is 0. The number of methoxy groups -OCH3 is 1. The monoisotopic (exact) mass is 266 g/mol. The highest BCUT2D eigenvalue weighted by Gasteiger charge is 2.12. The van der Waals surface area contributed by atoms with Gasteiger partial charge >= 0.3 is 0 Å². The number of para-hydroxylation sites is 1. The fourth-order valence-corrected chi connectivity index (χ4v) is 1.92. The standard InChI is InChI=1S/C14H22N2OS/c1-11(2)16(9-8-14(15)18)10-12-6-4-5-7-13(12)17-3/h4-7,11H,8-10H2,1-3H3,(H2,15,18). The van der Waals surface area contributed by atoms with Crippen LogP contribution >= 0.6 is 12.2 Å². The van der Waals surface area contributed by atoms with E-state index in [0.29, 0.717) is 11.0 Å². The third-order valence-electron chi connectivity index (χ3n) is 2.94. The minimum atomic E-state index is 0.448. The topological polar surface area (TPSA) is 38.5 Å². The molecule has 0 spiro atoms. The van der Waals surface area contributed by atoms with Gasteiger partial charge in [-0.3, -0.25) is 4.90 Å². The molecule has 0 amide bonds. The summed E-state index contributed by atoms with van der Waals surface area (Å²) >= 11 is 4.94. The third kappa shape index (κ3) is 4.63. The molecule has 0 saturated carbocycles. The molecule has 0 saturated heterocycles. The van der Waals surface area contributed by atoms with Crippen molar-refractivity contribution in [3.05, 3.63) is 29.8 Å². The van der Waals surface area contributed by atoms with Gasteiger partial charge in [-0.25, -0.2) is 0 Å². The predicted molar refractivity (Wildman–Crippen MR) is 79.9 cm³/mol. The number of thiocarbonyl (C=S) groups is 1. The predicted octanol–water partition coefficient (Wildman–Crippen LogP) is 2.58. The number of nitrogens with two attached hydrogens (primary N) is 1. The van der Waals surface area contributed by atoms with E-state index in [0.717, 1.165) is 25.3 Å². The van der Waals surface area contributed by atoms with E-state index in [-0.39, 0.29) is 0 Å². The molecule has 4 heteroatoms. The van der Waals surface area contributed by atoms with Crippen molar-refractivity contribution >= 4 is 17.2 Å². The minimum Gasteiger partial charge on any atom is -0.496 e. The lowest BCUT2D eigenvalue weighted by molar-refractivity contribution is 0.216. The van der Waals surface area contributed by atoms with E-state index in [9.17, 15) is 0 Å². The molecule has 0 aliphatic carbocycles. The van der Waals surface area contributed by atoms with E-state index in [2.05, 4.69) is 24.8 Å². The van der Waals surface area contributed by atoms with Crippen molar-refractivity contribution in [2.45, 2.75) is 32.9 Å². The van der Waals surface area contributed by atoms with E-state index < -0.39 is 0 Å². The second kappa shape index (κ2) is 7.34. The molecule has 0 aromatic heterocycles. The van der Waals surface area contributed by atoms with Crippen molar-refractivity contribution in [2.24, 2.45) is 5.73 Å². The highest BCUT2D eigenvalue weighted by atomic mass is 32.1. The lowest BCUT2D eigenvalue weighted by Gasteiger charge is -2.27. The van der Waals surface area contributed by atoms with Gasteiger partial charge in [0.2, 0.25) is 0 Å². The number of hydrogen-bond acceptors (Lipinski definition) is 3. The van der Waals surface area contributed by atoms with Gasteiger partial charge in [0.1, 0.15) is 5.75 Å². The zero-order valence-electron chi connectivity index (χ0n) is 11.3. The average molecular weight is 266 g/mol. The van der Waals surface area contributed by atoms with Crippen LogP contribution in [-0.2, 0) is 6.54 Å². The number of rotatable bonds is 7. The third-order valence-corrected chi connectivity index (χ3v) is 3.15. The first kappa shape index (κ1) is 14.9. The van der Waals surface area contributed by atoms with Crippen molar-refractivity contribution in [1.29, 1.82) is 0 Å².